The van der Waals surface area contributed by atoms with Crippen molar-refractivity contribution in [1.29, 1.82) is 0 Å². The Labute approximate surface area is 210 Å². The molecule has 4 aromatic rings. The van der Waals surface area contributed by atoms with Gasteiger partial charge in [0.25, 0.3) is 5.91 Å². The van der Waals surface area contributed by atoms with Gasteiger partial charge in [0, 0.05) is 41.7 Å². The first-order valence-corrected chi connectivity index (χ1v) is 13.3. The number of amides is 1. The van der Waals surface area contributed by atoms with Crippen LogP contribution in [0.25, 0.3) is 10.9 Å². The van der Waals surface area contributed by atoms with Crippen LogP contribution in [0.1, 0.15) is 52.6 Å². The number of likely N-dealkylation sites (tertiary alicyclic amines) is 2. The number of hydrogen-bond donors (Lipinski definition) is 1. The lowest BCUT2D eigenvalue weighted by Crippen LogP contribution is -2.29. The van der Waals surface area contributed by atoms with Crippen LogP contribution in [0.4, 0.5) is 4.39 Å². The molecule has 2 fully saturated rings. The number of thiophene rings is 1. The molecule has 182 valence electrons. The van der Waals surface area contributed by atoms with Gasteiger partial charge in [0.05, 0.1) is 0 Å². The topological polar surface area (TPSA) is 39.3 Å². The molecule has 0 saturated carbocycles. The molecule has 2 aliphatic heterocycles. The molecule has 1 N–H and O–H groups in total. The number of carbonyl (C=O) groups excluding carboxylic acids is 1. The number of aromatic nitrogens is 1. The largest absolute Gasteiger partial charge is 0.361 e. The van der Waals surface area contributed by atoms with Gasteiger partial charge in [0.15, 0.2) is 0 Å². The van der Waals surface area contributed by atoms with Crippen LogP contribution in [0.2, 0.25) is 0 Å². The maximum atomic E-state index is 12.8. The van der Waals surface area contributed by atoms with Gasteiger partial charge in [-0.05, 0) is 104 Å². The number of rotatable bonds is 3. The first kappa shape index (κ1) is 23.8. The van der Waals surface area contributed by atoms with E-state index in [0.717, 1.165) is 49.1 Å². The fourth-order valence-corrected chi connectivity index (χ4v) is 5.99. The highest BCUT2D eigenvalue weighted by Gasteiger charge is 2.28. The van der Waals surface area contributed by atoms with E-state index in [2.05, 4.69) is 33.8 Å². The molecular weight excluding hydrogens is 457 g/mol. The third-order valence-corrected chi connectivity index (χ3v) is 8.08. The fourth-order valence-electron chi connectivity index (χ4n) is 5.24. The SMILES string of the molecule is CN1CCC(c2ccc(F)cc2)CC1.O=C(c1cccc2[nH]ccc12)N1CC[C@@H](c2ccsc2)C1. The van der Waals surface area contributed by atoms with E-state index >= 15 is 0 Å². The number of hydrogen-bond acceptors (Lipinski definition) is 3. The Bertz CT molecular complexity index is 1240. The molecule has 4 nitrogen and oxygen atoms in total. The van der Waals surface area contributed by atoms with Gasteiger partial charge in [0.2, 0.25) is 0 Å². The zero-order valence-electron chi connectivity index (χ0n) is 20.1. The van der Waals surface area contributed by atoms with Gasteiger partial charge >= 0.3 is 0 Å². The van der Waals surface area contributed by atoms with E-state index < -0.39 is 0 Å². The van der Waals surface area contributed by atoms with E-state index in [1.54, 1.807) is 23.5 Å². The predicted octanol–water partition coefficient (Wildman–Crippen LogP) is 6.49. The Kier molecular flexibility index (Phi) is 7.30. The van der Waals surface area contributed by atoms with Crippen LogP contribution in [0.15, 0.2) is 71.6 Å². The smallest absolute Gasteiger partial charge is 0.254 e. The van der Waals surface area contributed by atoms with Gasteiger partial charge in [0.1, 0.15) is 5.82 Å². The minimum Gasteiger partial charge on any atom is -0.361 e. The summed E-state index contributed by atoms with van der Waals surface area (Å²) in [6.45, 7) is 3.99. The normalized spacial score (nSPS) is 19.0. The summed E-state index contributed by atoms with van der Waals surface area (Å²) in [7, 11) is 2.15. The van der Waals surface area contributed by atoms with Crippen molar-refractivity contribution in [3.63, 3.8) is 0 Å². The Morgan fingerprint density at radius 3 is 2.46 bits per heavy atom. The Morgan fingerprint density at radius 2 is 1.71 bits per heavy atom. The monoisotopic (exact) mass is 489 g/mol. The predicted molar refractivity (Wildman–Crippen MR) is 142 cm³/mol. The van der Waals surface area contributed by atoms with Crippen LogP contribution in [0, 0.1) is 5.82 Å². The number of benzene rings is 2. The van der Waals surface area contributed by atoms with E-state index in [0.29, 0.717) is 11.8 Å². The summed E-state index contributed by atoms with van der Waals surface area (Å²) in [5.41, 5.74) is 4.49. The Hall–Kier alpha value is -2.96. The number of aromatic amines is 1. The van der Waals surface area contributed by atoms with Crippen molar-refractivity contribution in [2.24, 2.45) is 0 Å². The Balaban J connectivity index is 0.000000158. The molecule has 1 atom stereocenters. The lowest BCUT2D eigenvalue weighted by atomic mass is 9.90. The average molecular weight is 490 g/mol. The average Bonchev–Trinajstić information content (AvgIpc) is 3.66. The summed E-state index contributed by atoms with van der Waals surface area (Å²) in [5, 5.41) is 5.33. The van der Waals surface area contributed by atoms with E-state index in [1.807, 2.05) is 47.5 Å². The molecule has 6 heteroatoms. The summed E-state index contributed by atoms with van der Waals surface area (Å²) >= 11 is 1.73. The number of nitrogens with one attached hydrogen (secondary N) is 1. The highest BCUT2D eigenvalue weighted by molar-refractivity contribution is 7.08. The molecule has 1 amide bonds. The molecule has 0 bridgehead atoms. The zero-order valence-corrected chi connectivity index (χ0v) is 20.9. The molecule has 6 rings (SSSR count). The molecule has 2 saturated heterocycles. The molecule has 0 unspecified atom stereocenters. The van der Waals surface area contributed by atoms with Crippen molar-refractivity contribution in [3.05, 3.63) is 94.1 Å². The summed E-state index contributed by atoms with van der Waals surface area (Å²) in [6.07, 6.45) is 5.34. The molecular formula is C29H32FN3OS. The van der Waals surface area contributed by atoms with Gasteiger partial charge in [-0.15, -0.1) is 0 Å². The zero-order chi connectivity index (χ0) is 24.2. The number of carbonyl (C=O) groups is 1. The lowest BCUT2D eigenvalue weighted by molar-refractivity contribution is 0.0792. The first-order valence-electron chi connectivity index (χ1n) is 12.4. The van der Waals surface area contributed by atoms with E-state index in [-0.39, 0.29) is 11.7 Å². The minimum atomic E-state index is -0.137. The molecule has 0 aliphatic carbocycles. The van der Waals surface area contributed by atoms with Gasteiger partial charge in [-0.3, -0.25) is 4.79 Å². The van der Waals surface area contributed by atoms with E-state index in [1.165, 1.54) is 24.0 Å². The number of nitrogens with zero attached hydrogens (tertiary/aromatic N) is 2. The van der Waals surface area contributed by atoms with Crippen molar-refractivity contribution in [2.75, 3.05) is 33.2 Å². The maximum Gasteiger partial charge on any atom is 0.254 e. The third-order valence-electron chi connectivity index (χ3n) is 7.38. The van der Waals surface area contributed by atoms with Gasteiger partial charge in [-0.1, -0.05) is 18.2 Å². The summed E-state index contributed by atoms with van der Waals surface area (Å²) in [6, 6.07) is 17.0. The second-order valence-electron chi connectivity index (χ2n) is 9.67. The van der Waals surface area contributed by atoms with Crippen LogP contribution >= 0.6 is 11.3 Å². The second-order valence-corrected chi connectivity index (χ2v) is 10.4. The molecule has 2 aromatic heterocycles. The summed E-state index contributed by atoms with van der Waals surface area (Å²) in [4.78, 5) is 20.3. The third kappa shape index (κ3) is 5.49. The van der Waals surface area contributed by atoms with Crippen molar-refractivity contribution < 1.29 is 9.18 Å². The van der Waals surface area contributed by atoms with Crippen LogP contribution in [-0.2, 0) is 0 Å². The van der Waals surface area contributed by atoms with Crippen molar-refractivity contribution in [2.45, 2.75) is 31.1 Å². The van der Waals surface area contributed by atoms with Crippen LogP contribution in [0.3, 0.4) is 0 Å². The number of halogens is 1. The van der Waals surface area contributed by atoms with Gasteiger partial charge in [-0.2, -0.15) is 11.3 Å². The van der Waals surface area contributed by atoms with E-state index in [9.17, 15) is 9.18 Å². The van der Waals surface area contributed by atoms with Crippen LogP contribution in [-0.4, -0.2) is 53.9 Å². The molecule has 2 aromatic carbocycles. The molecule has 0 radical (unpaired) electrons. The Morgan fingerprint density at radius 1 is 0.943 bits per heavy atom. The van der Waals surface area contributed by atoms with Gasteiger partial charge in [-0.25, -0.2) is 4.39 Å². The number of fused-ring (bicyclic) bond motifs is 1. The first-order chi connectivity index (χ1) is 17.1. The maximum absolute atomic E-state index is 12.8. The second kappa shape index (κ2) is 10.8. The molecule has 35 heavy (non-hydrogen) atoms. The van der Waals surface area contributed by atoms with Crippen molar-refractivity contribution in [3.8, 4) is 0 Å². The summed E-state index contributed by atoms with van der Waals surface area (Å²) < 4.78 is 12.7. The number of piperidine rings is 1. The van der Waals surface area contributed by atoms with Crippen LogP contribution in [0.5, 0.6) is 0 Å². The van der Waals surface area contributed by atoms with Crippen molar-refractivity contribution >= 4 is 28.1 Å². The van der Waals surface area contributed by atoms with Gasteiger partial charge < -0.3 is 14.8 Å². The fraction of sp³-hybridized carbons (Fsp3) is 0.345. The van der Waals surface area contributed by atoms with Crippen LogP contribution < -0.4 is 0 Å². The standard InChI is InChI=1S/C17H16N2OS.C12H16FN/c20-17(15-2-1-3-16-14(15)4-7-18-16)19-8-5-12(10-19)13-6-9-21-11-13;1-14-8-6-11(7-9-14)10-2-4-12(13)5-3-10/h1-4,6-7,9,11-12,18H,5,8,10H2;2-5,11H,6-9H2,1H3/t12-;/m1./s1. The molecule has 0 spiro atoms. The highest BCUT2D eigenvalue weighted by atomic mass is 32.1. The molecule has 4 heterocycles. The highest BCUT2D eigenvalue weighted by Crippen LogP contribution is 2.30. The molecule has 2 aliphatic rings. The van der Waals surface area contributed by atoms with Crippen molar-refractivity contribution in [1.82, 2.24) is 14.8 Å². The van der Waals surface area contributed by atoms with E-state index in [4.69, 9.17) is 0 Å². The summed E-state index contributed by atoms with van der Waals surface area (Å²) in [5.74, 6) is 1.14. The minimum absolute atomic E-state index is 0.137. The lowest BCUT2D eigenvalue weighted by Gasteiger charge is -2.29. The quantitative estimate of drug-likeness (QED) is 0.357. The number of H-pyrrole nitrogens is 1.